The van der Waals surface area contributed by atoms with E-state index in [4.69, 9.17) is 0 Å². The summed E-state index contributed by atoms with van der Waals surface area (Å²) >= 11 is 0. The number of carbonyl (C=O) groups excluding carboxylic acids is 1. The zero-order chi connectivity index (χ0) is 9.40. The van der Waals surface area contributed by atoms with Crippen LogP contribution >= 0.6 is 0 Å². The molecular weight excluding hydrogens is 195 g/mol. The smallest absolute Gasteiger partial charge is 0.550 e. The summed E-state index contributed by atoms with van der Waals surface area (Å²) in [5.74, 6) is 0.729. The summed E-state index contributed by atoms with van der Waals surface area (Å²) in [5, 5.41) is 9.81. The van der Waals surface area contributed by atoms with Crippen LogP contribution in [0.15, 0.2) is 0 Å². The average molecular weight is 212 g/mol. The summed E-state index contributed by atoms with van der Waals surface area (Å²) in [5.41, 5.74) is 0. The number of ether oxygens (including phenoxy) is 1. The molecule has 0 aromatic carbocycles. The number of unbranched alkanes of at least 4 members (excludes halogenated alkanes) is 2. The van der Waals surface area contributed by atoms with E-state index in [2.05, 4.69) is 18.6 Å². The second kappa shape index (κ2) is 11.0. The molecule has 0 aromatic rings. The van der Waals surface area contributed by atoms with Gasteiger partial charge in [0.1, 0.15) is 0 Å². The van der Waals surface area contributed by atoms with Gasteiger partial charge < -0.3 is 14.6 Å². The van der Waals surface area contributed by atoms with E-state index >= 15 is 0 Å². The fourth-order valence-electron chi connectivity index (χ4n) is 0.987. The molecule has 0 spiro atoms. The number of carboxylic acid groups (broad SMARTS) is 1. The predicted molar refractivity (Wildman–Crippen MR) is 44.7 cm³/mol. The quantitative estimate of drug-likeness (QED) is 0.308. The molecule has 0 rings (SSSR count). The van der Waals surface area contributed by atoms with Gasteiger partial charge in [0.25, 0.3) is 6.16 Å². The van der Waals surface area contributed by atoms with Crippen LogP contribution in [-0.2, 0) is 4.74 Å². The van der Waals surface area contributed by atoms with Crippen molar-refractivity contribution in [2.45, 2.75) is 39.5 Å². The van der Waals surface area contributed by atoms with Gasteiger partial charge in [-0.1, -0.05) is 33.1 Å². The van der Waals surface area contributed by atoms with E-state index in [1.165, 1.54) is 6.42 Å². The minimum atomic E-state index is -1.42. The van der Waals surface area contributed by atoms with Crippen LogP contribution in [-0.4, -0.2) is 12.8 Å². The van der Waals surface area contributed by atoms with Crippen LogP contribution in [0.25, 0.3) is 0 Å². The summed E-state index contributed by atoms with van der Waals surface area (Å²) in [7, 11) is 0. The molecule has 0 fully saturated rings. The van der Waals surface area contributed by atoms with Crippen molar-refractivity contribution in [3.05, 3.63) is 0 Å². The molecule has 4 heteroatoms. The Balaban J connectivity index is 0. The monoisotopic (exact) mass is 212 g/mol. The van der Waals surface area contributed by atoms with Gasteiger partial charge >= 0.3 is 51.4 Å². The Morgan fingerprint density at radius 3 is 2.38 bits per heavy atom. The average Bonchev–Trinajstić information content (AvgIpc) is 1.95. The molecule has 13 heavy (non-hydrogen) atoms. The van der Waals surface area contributed by atoms with Gasteiger partial charge in [-0.2, -0.15) is 0 Å². The number of carbonyl (C=O) groups is 1. The van der Waals surface area contributed by atoms with Crippen molar-refractivity contribution in [2.24, 2.45) is 5.92 Å². The summed E-state index contributed by atoms with van der Waals surface area (Å²) in [6.45, 7) is 4.63. The van der Waals surface area contributed by atoms with Gasteiger partial charge in [0, 0.05) is 6.61 Å². The number of rotatable bonds is 6. The first-order valence-electron chi connectivity index (χ1n) is 4.46. The fourth-order valence-corrected chi connectivity index (χ4v) is 0.987. The third-order valence-electron chi connectivity index (χ3n) is 1.65. The first-order valence-corrected chi connectivity index (χ1v) is 4.46. The third kappa shape index (κ3) is 15.6. The minimum Gasteiger partial charge on any atom is -0.550 e. The molecule has 0 aliphatic heterocycles. The topological polar surface area (TPSA) is 49.4 Å². The molecule has 0 bridgehead atoms. The van der Waals surface area contributed by atoms with Gasteiger partial charge in [-0.05, 0) is 12.3 Å². The second-order valence-corrected chi connectivity index (χ2v) is 3.34. The number of hydrogen-bond donors (Lipinski definition) is 0. The number of hydrogen-bond acceptors (Lipinski definition) is 3. The Hall–Kier alpha value is 0.906. The molecule has 3 nitrogen and oxygen atoms in total. The van der Waals surface area contributed by atoms with E-state index in [9.17, 15) is 9.90 Å². The maximum absolute atomic E-state index is 9.81. The van der Waals surface area contributed by atoms with Crippen LogP contribution in [0.2, 0.25) is 0 Å². The first-order chi connectivity index (χ1) is 5.63. The van der Waals surface area contributed by atoms with Crippen molar-refractivity contribution in [1.29, 1.82) is 0 Å². The predicted octanol–water partition coefficient (Wildman–Crippen LogP) is -1.43. The van der Waals surface area contributed by atoms with Gasteiger partial charge in [-0.25, -0.2) is 0 Å². The van der Waals surface area contributed by atoms with Gasteiger partial charge in [0.2, 0.25) is 0 Å². The van der Waals surface area contributed by atoms with Crippen molar-refractivity contribution in [3.8, 4) is 0 Å². The minimum absolute atomic E-state index is 0. The zero-order valence-corrected chi connectivity index (χ0v) is 12.0. The van der Waals surface area contributed by atoms with Crippen LogP contribution in [0.3, 0.4) is 0 Å². The van der Waals surface area contributed by atoms with Gasteiger partial charge in [0.15, 0.2) is 0 Å². The summed E-state index contributed by atoms with van der Waals surface area (Å²) in [6.07, 6.45) is 2.77. The normalized spacial score (nSPS) is 9.46. The SMILES string of the molecule is CC(C)CCCCCOC(=O)[O-].[K+]. The second-order valence-electron chi connectivity index (χ2n) is 3.34. The zero-order valence-electron chi connectivity index (χ0n) is 8.84. The molecule has 0 amide bonds. The molecule has 0 saturated carbocycles. The molecule has 0 aliphatic carbocycles. The molecule has 0 saturated heterocycles. The Labute approximate surface area is 123 Å². The van der Waals surface area contributed by atoms with Crippen molar-refractivity contribution in [1.82, 2.24) is 0 Å². The molecular formula is C9H17KO3. The van der Waals surface area contributed by atoms with Gasteiger partial charge in [-0.15, -0.1) is 0 Å². The van der Waals surface area contributed by atoms with E-state index in [-0.39, 0.29) is 58.0 Å². The Morgan fingerprint density at radius 1 is 1.31 bits per heavy atom. The molecule has 72 valence electrons. The van der Waals surface area contributed by atoms with E-state index in [0.29, 0.717) is 0 Å². The molecule has 0 atom stereocenters. The van der Waals surface area contributed by atoms with Crippen molar-refractivity contribution in [2.75, 3.05) is 6.61 Å². The summed E-state index contributed by atoms with van der Waals surface area (Å²) < 4.78 is 4.25. The molecule has 0 N–H and O–H groups in total. The standard InChI is InChI=1S/C9H18O3.K/c1-8(2)6-4-3-5-7-12-9(10)11;/h8H,3-7H2,1-2H3,(H,10,11);/q;+1/p-1. The van der Waals surface area contributed by atoms with Crippen LogP contribution < -0.4 is 56.5 Å². The van der Waals surface area contributed by atoms with E-state index in [0.717, 1.165) is 25.2 Å². The van der Waals surface area contributed by atoms with Crippen LogP contribution in [0.5, 0.6) is 0 Å². The molecule has 0 aromatic heterocycles. The largest absolute Gasteiger partial charge is 1.00 e. The van der Waals surface area contributed by atoms with Crippen molar-refractivity contribution in [3.63, 3.8) is 0 Å². The van der Waals surface area contributed by atoms with Gasteiger partial charge in [0.05, 0.1) is 0 Å². The van der Waals surface area contributed by atoms with Crippen LogP contribution in [0.4, 0.5) is 4.79 Å². The summed E-state index contributed by atoms with van der Waals surface area (Å²) in [4.78, 5) is 9.81. The Kier molecular flexibility index (Phi) is 13.8. The van der Waals surface area contributed by atoms with Crippen molar-refractivity contribution >= 4 is 6.16 Å². The molecule has 0 heterocycles. The first kappa shape index (κ1) is 16.3. The fraction of sp³-hybridized carbons (Fsp3) is 0.889. The maximum Gasteiger partial charge on any atom is 1.00 e. The maximum atomic E-state index is 9.81. The van der Waals surface area contributed by atoms with Crippen molar-refractivity contribution < 1.29 is 66.0 Å². The van der Waals surface area contributed by atoms with E-state index in [1.807, 2.05) is 0 Å². The van der Waals surface area contributed by atoms with E-state index < -0.39 is 6.16 Å². The molecule has 0 unspecified atom stereocenters. The molecule has 0 radical (unpaired) electrons. The van der Waals surface area contributed by atoms with Crippen LogP contribution in [0.1, 0.15) is 39.5 Å². The Morgan fingerprint density at radius 2 is 1.92 bits per heavy atom. The van der Waals surface area contributed by atoms with Gasteiger partial charge in [-0.3, -0.25) is 0 Å². The Bertz CT molecular complexity index is 126. The van der Waals surface area contributed by atoms with Crippen LogP contribution in [0, 0.1) is 5.92 Å². The third-order valence-corrected chi connectivity index (χ3v) is 1.65. The van der Waals surface area contributed by atoms with E-state index in [1.54, 1.807) is 0 Å². The summed E-state index contributed by atoms with van der Waals surface area (Å²) in [6, 6.07) is 0. The molecule has 0 aliphatic rings.